The molecule has 2 aliphatic heterocycles. The van der Waals surface area contributed by atoms with Crippen molar-refractivity contribution in [3.05, 3.63) is 0 Å². The van der Waals surface area contributed by atoms with E-state index >= 15 is 0 Å². The van der Waals surface area contributed by atoms with Crippen LogP contribution in [0.15, 0.2) is 0 Å². The van der Waals surface area contributed by atoms with Crippen LogP contribution in [0.2, 0.25) is 0 Å². The van der Waals surface area contributed by atoms with Crippen LogP contribution >= 0.6 is 11.8 Å². The molecule has 1 atom stereocenters. The van der Waals surface area contributed by atoms with Crippen molar-refractivity contribution in [2.75, 3.05) is 38.5 Å². The minimum Gasteiger partial charge on any atom is -0.378 e. The quantitative estimate of drug-likeness (QED) is 0.832. The van der Waals surface area contributed by atoms with Gasteiger partial charge in [-0.3, -0.25) is 4.79 Å². The molecule has 2 saturated heterocycles. The second-order valence-corrected chi connectivity index (χ2v) is 6.64. The summed E-state index contributed by atoms with van der Waals surface area (Å²) < 4.78 is 5.78. The number of amides is 1. The number of hydrogen-bond acceptors (Lipinski definition) is 4. The zero-order valence-electron chi connectivity index (χ0n) is 11.2. The molecule has 104 valence electrons. The van der Waals surface area contributed by atoms with Crippen LogP contribution < -0.4 is 5.32 Å². The lowest BCUT2D eigenvalue weighted by Gasteiger charge is -2.31. The number of nitrogens with one attached hydrogen (secondary N) is 1. The average Bonchev–Trinajstić information content (AvgIpc) is 2.40. The van der Waals surface area contributed by atoms with E-state index in [0.717, 1.165) is 44.8 Å². The summed E-state index contributed by atoms with van der Waals surface area (Å²) in [6.07, 6.45) is 3.05. The van der Waals surface area contributed by atoms with Gasteiger partial charge in [-0.25, -0.2) is 0 Å². The number of thioether (sulfide) groups is 1. The minimum absolute atomic E-state index is 0.260. The maximum atomic E-state index is 12.0. The lowest BCUT2D eigenvalue weighted by atomic mass is 10.1. The van der Waals surface area contributed by atoms with E-state index in [1.807, 2.05) is 16.7 Å². The van der Waals surface area contributed by atoms with Crippen molar-refractivity contribution >= 4 is 17.7 Å². The maximum Gasteiger partial charge on any atom is 0.224 e. The summed E-state index contributed by atoms with van der Waals surface area (Å²) in [7, 11) is 0. The van der Waals surface area contributed by atoms with Gasteiger partial charge in [-0.2, -0.15) is 11.8 Å². The highest BCUT2D eigenvalue weighted by Gasteiger charge is 2.21. The Hall–Kier alpha value is -0.260. The molecule has 1 amide bonds. The molecule has 0 saturated carbocycles. The molecule has 18 heavy (non-hydrogen) atoms. The summed E-state index contributed by atoms with van der Waals surface area (Å²) in [5.41, 5.74) is 0. The van der Waals surface area contributed by atoms with Crippen LogP contribution in [-0.4, -0.2) is 60.7 Å². The second-order valence-electron chi connectivity index (χ2n) is 5.09. The highest BCUT2D eigenvalue weighted by Crippen LogP contribution is 2.18. The Labute approximate surface area is 114 Å². The molecule has 0 aromatic rings. The highest BCUT2D eigenvalue weighted by atomic mass is 32.2. The summed E-state index contributed by atoms with van der Waals surface area (Å²) in [6, 6.07) is 0. The first-order valence-electron chi connectivity index (χ1n) is 6.97. The SMILES string of the molecule is CC1CN(C(=O)CCOC2CCNCC2)CCS1. The predicted molar refractivity (Wildman–Crippen MR) is 75.0 cm³/mol. The Morgan fingerprint density at radius 1 is 1.44 bits per heavy atom. The molecule has 1 N–H and O–H groups in total. The third-order valence-corrected chi connectivity index (χ3v) is 4.69. The molecule has 2 rings (SSSR count). The molecule has 0 aliphatic carbocycles. The van der Waals surface area contributed by atoms with Crippen molar-refractivity contribution in [1.82, 2.24) is 10.2 Å². The Morgan fingerprint density at radius 3 is 2.94 bits per heavy atom. The van der Waals surface area contributed by atoms with Crippen molar-refractivity contribution in [3.8, 4) is 0 Å². The molecular weight excluding hydrogens is 248 g/mol. The summed E-state index contributed by atoms with van der Waals surface area (Å²) in [5.74, 6) is 1.33. The molecule has 5 heteroatoms. The molecule has 2 heterocycles. The molecule has 0 spiro atoms. The predicted octanol–water partition coefficient (Wildman–Crippen LogP) is 1.11. The van der Waals surface area contributed by atoms with Gasteiger partial charge >= 0.3 is 0 Å². The third-order valence-electron chi connectivity index (χ3n) is 3.55. The summed E-state index contributed by atoms with van der Waals surface area (Å²) in [4.78, 5) is 14.0. The molecular formula is C13H24N2O2S. The van der Waals surface area contributed by atoms with Gasteiger partial charge in [-0.1, -0.05) is 6.92 Å². The maximum absolute atomic E-state index is 12.0. The van der Waals surface area contributed by atoms with Gasteiger partial charge in [-0.15, -0.1) is 0 Å². The number of carbonyl (C=O) groups is 1. The van der Waals surface area contributed by atoms with Crippen LogP contribution in [0, 0.1) is 0 Å². The molecule has 0 aromatic carbocycles. The van der Waals surface area contributed by atoms with E-state index < -0.39 is 0 Å². The fraction of sp³-hybridized carbons (Fsp3) is 0.923. The summed E-state index contributed by atoms with van der Waals surface area (Å²) in [6.45, 7) is 6.66. The Bertz CT molecular complexity index is 270. The van der Waals surface area contributed by atoms with Crippen LogP contribution in [0.1, 0.15) is 26.2 Å². The molecule has 0 radical (unpaired) electrons. The monoisotopic (exact) mass is 272 g/mol. The molecule has 2 fully saturated rings. The lowest BCUT2D eigenvalue weighted by molar-refractivity contribution is -0.132. The largest absolute Gasteiger partial charge is 0.378 e. The Kier molecular flexibility index (Phi) is 5.79. The average molecular weight is 272 g/mol. The number of piperidine rings is 1. The molecule has 2 aliphatic rings. The van der Waals surface area contributed by atoms with Crippen molar-refractivity contribution in [2.45, 2.75) is 37.5 Å². The number of ether oxygens (including phenoxy) is 1. The topological polar surface area (TPSA) is 41.6 Å². The van der Waals surface area contributed by atoms with E-state index in [1.54, 1.807) is 0 Å². The van der Waals surface area contributed by atoms with Crippen molar-refractivity contribution in [2.24, 2.45) is 0 Å². The van der Waals surface area contributed by atoms with Crippen LogP contribution in [0.3, 0.4) is 0 Å². The zero-order chi connectivity index (χ0) is 12.8. The number of hydrogen-bond donors (Lipinski definition) is 1. The zero-order valence-corrected chi connectivity index (χ0v) is 12.0. The first kappa shape index (κ1) is 14.2. The van der Waals surface area contributed by atoms with Gasteiger partial charge in [0.15, 0.2) is 0 Å². The Morgan fingerprint density at radius 2 is 2.22 bits per heavy atom. The van der Waals surface area contributed by atoms with Gasteiger partial charge < -0.3 is 15.0 Å². The van der Waals surface area contributed by atoms with Gasteiger partial charge in [0.05, 0.1) is 19.1 Å². The number of rotatable bonds is 4. The van der Waals surface area contributed by atoms with Gasteiger partial charge in [-0.05, 0) is 25.9 Å². The fourth-order valence-electron chi connectivity index (χ4n) is 2.48. The van der Waals surface area contributed by atoms with E-state index in [0.29, 0.717) is 24.4 Å². The van der Waals surface area contributed by atoms with E-state index in [-0.39, 0.29) is 5.91 Å². The van der Waals surface area contributed by atoms with Crippen LogP contribution in [0.25, 0.3) is 0 Å². The smallest absolute Gasteiger partial charge is 0.224 e. The molecule has 0 aromatic heterocycles. The Balaban J connectivity index is 1.61. The summed E-state index contributed by atoms with van der Waals surface area (Å²) >= 11 is 1.95. The minimum atomic E-state index is 0.260. The van der Waals surface area contributed by atoms with E-state index in [4.69, 9.17) is 4.74 Å². The molecule has 1 unspecified atom stereocenters. The first-order chi connectivity index (χ1) is 8.75. The highest BCUT2D eigenvalue weighted by molar-refractivity contribution is 7.99. The van der Waals surface area contributed by atoms with Crippen molar-refractivity contribution in [3.63, 3.8) is 0 Å². The van der Waals surface area contributed by atoms with Gasteiger partial charge in [0.25, 0.3) is 0 Å². The van der Waals surface area contributed by atoms with Crippen molar-refractivity contribution in [1.29, 1.82) is 0 Å². The number of nitrogens with zero attached hydrogens (tertiary/aromatic N) is 1. The number of carbonyl (C=O) groups excluding carboxylic acids is 1. The van der Waals surface area contributed by atoms with Crippen LogP contribution in [0.5, 0.6) is 0 Å². The molecule has 0 bridgehead atoms. The molecule has 4 nitrogen and oxygen atoms in total. The van der Waals surface area contributed by atoms with E-state index in [9.17, 15) is 4.79 Å². The van der Waals surface area contributed by atoms with E-state index in [1.165, 1.54) is 0 Å². The van der Waals surface area contributed by atoms with E-state index in [2.05, 4.69) is 12.2 Å². The second kappa shape index (κ2) is 7.36. The first-order valence-corrected chi connectivity index (χ1v) is 8.02. The van der Waals surface area contributed by atoms with Crippen molar-refractivity contribution < 1.29 is 9.53 Å². The van der Waals surface area contributed by atoms with Gasteiger partial charge in [0.2, 0.25) is 5.91 Å². The van der Waals surface area contributed by atoms with Gasteiger partial charge in [0.1, 0.15) is 0 Å². The third kappa shape index (κ3) is 4.44. The normalized spacial score (nSPS) is 26.3. The summed E-state index contributed by atoms with van der Waals surface area (Å²) in [5, 5.41) is 3.89. The standard InChI is InChI=1S/C13H24N2O2S/c1-11-10-15(7-9-18-11)13(16)4-8-17-12-2-5-14-6-3-12/h11-12,14H,2-10H2,1H3. The van der Waals surface area contributed by atoms with Crippen LogP contribution in [-0.2, 0) is 9.53 Å². The fourth-order valence-corrected chi connectivity index (χ4v) is 3.49. The van der Waals surface area contributed by atoms with Gasteiger partial charge in [0, 0.05) is 24.1 Å². The van der Waals surface area contributed by atoms with Crippen LogP contribution in [0.4, 0.5) is 0 Å². The lowest BCUT2D eigenvalue weighted by Crippen LogP contribution is -2.41.